The van der Waals surface area contributed by atoms with Gasteiger partial charge in [-0.1, -0.05) is 48.9 Å². The highest BCUT2D eigenvalue weighted by Gasteiger charge is 2.35. The van der Waals surface area contributed by atoms with Gasteiger partial charge in [0.1, 0.15) is 11.9 Å². The van der Waals surface area contributed by atoms with Crippen molar-refractivity contribution in [2.75, 3.05) is 11.4 Å². The zero-order chi connectivity index (χ0) is 25.6. The first-order valence-corrected chi connectivity index (χ1v) is 12.3. The lowest BCUT2D eigenvalue weighted by Gasteiger charge is -2.34. The van der Waals surface area contributed by atoms with E-state index >= 15 is 0 Å². The Kier molecular flexibility index (Phi) is 8.40. The van der Waals surface area contributed by atoms with Gasteiger partial charge in [-0.2, -0.15) is 0 Å². The van der Waals surface area contributed by atoms with Gasteiger partial charge in [-0.25, -0.2) is 4.39 Å². The maximum absolute atomic E-state index is 14.2. The molecule has 0 aliphatic heterocycles. The van der Waals surface area contributed by atoms with Crippen molar-refractivity contribution >= 4 is 34.7 Å². The molecule has 1 heterocycles. The summed E-state index contributed by atoms with van der Waals surface area (Å²) in [6.07, 6.45) is 0.671. The van der Waals surface area contributed by atoms with E-state index in [4.69, 9.17) is 0 Å². The van der Waals surface area contributed by atoms with Crippen LogP contribution in [-0.2, 0) is 9.59 Å². The average molecular weight is 496 g/mol. The molecule has 0 bridgehead atoms. The SMILES string of the molecule is CCC(C)(C)NC(=O)C(c1ccc(C)cc1)N(C(=O)CNC(=O)c1cccs1)c1cccc(F)c1. The Morgan fingerprint density at radius 2 is 1.77 bits per heavy atom. The number of aryl methyl sites for hydroxylation is 1. The number of rotatable bonds is 9. The van der Waals surface area contributed by atoms with Gasteiger partial charge in [0.2, 0.25) is 11.8 Å². The third-order valence-corrected chi connectivity index (χ3v) is 6.61. The topological polar surface area (TPSA) is 78.5 Å². The summed E-state index contributed by atoms with van der Waals surface area (Å²) >= 11 is 1.26. The fourth-order valence-electron chi connectivity index (χ4n) is 3.46. The van der Waals surface area contributed by atoms with Crippen LogP contribution >= 0.6 is 11.3 Å². The van der Waals surface area contributed by atoms with Gasteiger partial charge < -0.3 is 10.6 Å². The molecule has 6 nitrogen and oxygen atoms in total. The van der Waals surface area contributed by atoms with E-state index in [2.05, 4.69) is 10.6 Å². The summed E-state index contributed by atoms with van der Waals surface area (Å²) in [5.74, 6) is -1.88. The number of nitrogens with one attached hydrogen (secondary N) is 2. The number of hydrogen-bond acceptors (Lipinski definition) is 4. The number of halogens is 1. The Morgan fingerprint density at radius 1 is 1.06 bits per heavy atom. The number of amides is 3. The molecule has 35 heavy (non-hydrogen) atoms. The van der Waals surface area contributed by atoms with Crippen LogP contribution in [0.15, 0.2) is 66.0 Å². The molecular weight excluding hydrogens is 465 g/mol. The average Bonchev–Trinajstić information content (AvgIpc) is 3.36. The van der Waals surface area contributed by atoms with Crippen LogP contribution in [0.3, 0.4) is 0 Å². The molecule has 2 aromatic carbocycles. The second kappa shape index (κ2) is 11.3. The Hall–Kier alpha value is -3.52. The predicted molar refractivity (Wildman–Crippen MR) is 137 cm³/mol. The summed E-state index contributed by atoms with van der Waals surface area (Å²) in [6.45, 7) is 7.31. The highest BCUT2D eigenvalue weighted by atomic mass is 32.1. The molecule has 0 saturated carbocycles. The summed E-state index contributed by atoms with van der Waals surface area (Å²) in [5.41, 5.74) is 1.26. The monoisotopic (exact) mass is 495 g/mol. The summed E-state index contributed by atoms with van der Waals surface area (Å²) in [4.78, 5) is 41.4. The fraction of sp³-hybridized carbons (Fsp3) is 0.296. The number of hydrogen-bond donors (Lipinski definition) is 2. The largest absolute Gasteiger partial charge is 0.349 e. The number of thiophene rings is 1. The summed E-state index contributed by atoms with van der Waals surface area (Å²) < 4.78 is 14.2. The van der Waals surface area contributed by atoms with E-state index in [1.807, 2.05) is 39.8 Å². The number of nitrogens with zero attached hydrogens (tertiary/aromatic N) is 1. The lowest BCUT2D eigenvalue weighted by atomic mass is 9.97. The van der Waals surface area contributed by atoms with E-state index in [9.17, 15) is 18.8 Å². The zero-order valence-corrected chi connectivity index (χ0v) is 21.1. The molecule has 1 atom stereocenters. The zero-order valence-electron chi connectivity index (χ0n) is 20.3. The molecule has 0 radical (unpaired) electrons. The first kappa shape index (κ1) is 26.1. The highest BCUT2D eigenvalue weighted by molar-refractivity contribution is 7.12. The predicted octanol–water partition coefficient (Wildman–Crippen LogP) is 5.00. The van der Waals surface area contributed by atoms with Crippen molar-refractivity contribution in [3.63, 3.8) is 0 Å². The Morgan fingerprint density at radius 3 is 2.37 bits per heavy atom. The number of carbonyl (C=O) groups is 3. The van der Waals surface area contributed by atoms with E-state index in [1.54, 1.807) is 35.7 Å². The molecule has 0 fully saturated rings. The van der Waals surface area contributed by atoms with Crippen LogP contribution in [0.2, 0.25) is 0 Å². The van der Waals surface area contributed by atoms with E-state index in [0.29, 0.717) is 16.9 Å². The second-order valence-corrected chi connectivity index (χ2v) is 9.89. The van der Waals surface area contributed by atoms with Crippen molar-refractivity contribution in [1.29, 1.82) is 0 Å². The lowest BCUT2D eigenvalue weighted by molar-refractivity contribution is -0.127. The van der Waals surface area contributed by atoms with Gasteiger partial charge in [0.25, 0.3) is 5.91 Å². The normalized spacial score (nSPS) is 12.0. The Balaban J connectivity index is 2.03. The van der Waals surface area contributed by atoms with Crippen molar-refractivity contribution in [1.82, 2.24) is 10.6 Å². The molecule has 0 aliphatic rings. The van der Waals surface area contributed by atoms with Gasteiger partial charge in [0, 0.05) is 11.2 Å². The molecule has 184 valence electrons. The number of benzene rings is 2. The van der Waals surface area contributed by atoms with Gasteiger partial charge in [0.15, 0.2) is 0 Å². The van der Waals surface area contributed by atoms with Gasteiger partial charge in [-0.3, -0.25) is 19.3 Å². The Labute approximate surface area is 209 Å². The minimum absolute atomic E-state index is 0.218. The van der Waals surface area contributed by atoms with Crippen molar-refractivity contribution in [2.45, 2.75) is 45.7 Å². The quantitative estimate of drug-likeness (QED) is 0.438. The minimum Gasteiger partial charge on any atom is -0.349 e. The van der Waals surface area contributed by atoms with Crippen LogP contribution in [0, 0.1) is 12.7 Å². The van der Waals surface area contributed by atoms with Crippen LogP contribution in [0.1, 0.15) is 54.0 Å². The molecule has 2 N–H and O–H groups in total. The van der Waals surface area contributed by atoms with Crippen LogP contribution in [0.25, 0.3) is 0 Å². The lowest BCUT2D eigenvalue weighted by Crippen LogP contribution is -2.52. The molecule has 0 saturated heterocycles. The summed E-state index contributed by atoms with van der Waals surface area (Å²) in [6, 6.07) is 15.1. The van der Waals surface area contributed by atoms with Gasteiger partial charge >= 0.3 is 0 Å². The number of carbonyl (C=O) groups excluding carboxylic acids is 3. The van der Waals surface area contributed by atoms with Crippen molar-refractivity contribution in [3.8, 4) is 0 Å². The van der Waals surface area contributed by atoms with Crippen LogP contribution in [0.5, 0.6) is 0 Å². The second-order valence-electron chi connectivity index (χ2n) is 8.94. The first-order chi connectivity index (χ1) is 16.6. The Bertz CT molecular complexity index is 1180. The molecule has 0 aliphatic carbocycles. The molecule has 1 aromatic heterocycles. The maximum Gasteiger partial charge on any atom is 0.261 e. The molecular formula is C27H30FN3O3S. The smallest absolute Gasteiger partial charge is 0.261 e. The van der Waals surface area contributed by atoms with E-state index in [1.165, 1.54) is 34.4 Å². The molecule has 8 heteroatoms. The fourth-order valence-corrected chi connectivity index (χ4v) is 4.10. The highest BCUT2D eigenvalue weighted by Crippen LogP contribution is 2.30. The summed E-state index contributed by atoms with van der Waals surface area (Å²) in [5, 5.41) is 7.40. The van der Waals surface area contributed by atoms with Crippen LogP contribution < -0.4 is 15.5 Å². The molecule has 3 aromatic rings. The minimum atomic E-state index is -1.07. The van der Waals surface area contributed by atoms with Crippen molar-refractivity contribution < 1.29 is 18.8 Å². The molecule has 1 unspecified atom stereocenters. The van der Waals surface area contributed by atoms with E-state index in [-0.39, 0.29) is 12.2 Å². The van der Waals surface area contributed by atoms with Crippen molar-refractivity contribution in [2.24, 2.45) is 0 Å². The van der Waals surface area contributed by atoms with E-state index in [0.717, 1.165) is 5.56 Å². The first-order valence-electron chi connectivity index (χ1n) is 11.4. The van der Waals surface area contributed by atoms with Gasteiger partial charge in [-0.15, -0.1) is 11.3 Å². The summed E-state index contributed by atoms with van der Waals surface area (Å²) in [7, 11) is 0. The molecule has 3 amide bonds. The van der Waals surface area contributed by atoms with Gasteiger partial charge in [0.05, 0.1) is 11.4 Å². The number of anilines is 1. The van der Waals surface area contributed by atoms with Crippen molar-refractivity contribution in [3.05, 3.63) is 87.9 Å². The van der Waals surface area contributed by atoms with Crippen LogP contribution in [0.4, 0.5) is 10.1 Å². The standard InChI is InChI=1S/C27H30FN3O3S/c1-5-27(3,4)30-26(34)24(19-13-11-18(2)12-14-19)31(21-9-6-8-20(28)16-21)23(32)17-29-25(33)22-10-7-15-35-22/h6-16,24H,5,17H2,1-4H3,(H,29,33)(H,30,34). The van der Waals surface area contributed by atoms with Crippen LogP contribution in [-0.4, -0.2) is 29.8 Å². The third kappa shape index (κ3) is 6.76. The molecule has 0 spiro atoms. The third-order valence-electron chi connectivity index (χ3n) is 5.75. The van der Waals surface area contributed by atoms with E-state index < -0.39 is 35.1 Å². The maximum atomic E-state index is 14.2. The molecule has 3 rings (SSSR count). The van der Waals surface area contributed by atoms with Gasteiger partial charge in [-0.05, 0) is 62.4 Å².